The van der Waals surface area contributed by atoms with Crippen molar-refractivity contribution in [1.82, 2.24) is 9.88 Å². The number of fused-ring (bicyclic) bond motifs is 1. The van der Waals surface area contributed by atoms with Gasteiger partial charge in [-0.25, -0.2) is 9.38 Å². The fourth-order valence-corrected chi connectivity index (χ4v) is 3.75. The minimum Gasteiger partial charge on any atom is -0.396 e. The Morgan fingerprint density at radius 2 is 2.07 bits per heavy atom. The number of nitrogens with zero attached hydrogens (tertiary/aromatic N) is 3. The molecule has 0 fully saturated rings. The fraction of sp³-hybridized carbons (Fsp3) is 0.217. The molecule has 2 heterocycles. The molecule has 30 heavy (non-hydrogen) atoms. The molecule has 0 aliphatic carbocycles. The number of aliphatic hydroxyl groups is 1. The molecule has 0 radical (unpaired) electrons. The molecule has 2 N–H and O–H groups in total. The minimum absolute atomic E-state index is 0.0662. The zero-order chi connectivity index (χ0) is 21.1. The Morgan fingerprint density at radius 3 is 2.80 bits per heavy atom. The van der Waals surface area contributed by atoms with Crippen LogP contribution in [0.15, 0.2) is 65.9 Å². The van der Waals surface area contributed by atoms with Crippen molar-refractivity contribution in [2.75, 3.05) is 19.0 Å². The summed E-state index contributed by atoms with van der Waals surface area (Å²) in [5, 5.41) is 12.7. The number of hydrogen-bond donors (Lipinski definition) is 2. The molecule has 154 valence electrons. The standard InChI is InChI=1S/C23H22ClFN4O/c1-29-22(16-5-2-10-26-14-16)28-21-9-6-15(4-3-11-30)12-18(21)23(29)27-17-7-8-20(25)19(24)13-17/h2,5-10,12-14,23,27,30H,3-4,11H2,1H3. The number of pyridine rings is 1. The molecule has 0 saturated carbocycles. The van der Waals surface area contributed by atoms with Gasteiger partial charge in [-0.05, 0) is 60.9 Å². The Morgan fingerprint density at radius 1 is 1.20 bits per heavy atom. The van der Waals surface area contributed by atoms with E-state index in [1.165, 1.54) is 6.07 Å². The van der Waals surface area contributed by atoms with E-state index in [2.05, 4.69) is 16.4 Å². The van der Waals surface area contributed by atoms with Gasteiger partial charge in [0.1, 0.15) is 17.8 Å². The molecule has 1 unspecified atom stereocenters. The molecule has 0 saturated heterocycles. The Kier molecular flexibility index (Phi) is 5.97. The molecule has 1 aromatic heterocycles. The number of halogens is 2. The third-order valence-electron chi connectivity index (χ3n) is 5.10. The van der Waals surface area contributed by atoms with E-state index >= 15 is 0 Å². The van der Waals surface area contributed by atoms with Crippen LogP contribution in [0.3, 0.4) is 0 Å². The lowest BCUT2D eigenvalue weighted by atomic mass is 10.00. The van der Waals surface area contributed by atoms with Gasteiger partial charge >= 0.3 is 0 Å². The maximum Gasteiger partial charge on any atom is 0.141 e. The molecule has 0 amide bonds. The van der Waals surface area contributed by atoms with E-state index in [-0.39, 0.29) is 17.8 Å². The first-order valence-corrected chi connectivity index (χ1v) is 10.1. The quantitative estimate of drug-likeness (QED) is 0.588. The van der Waals surface area contributed by atoms with Gasteiger partial charge in [0.25, 0.3) is 0 Å². The first kappa shape index (κ1) is 20.3. The molecule has 1 atom stereocenters. The second-order valence-electron chi connectivity index (χ2n) is 7.18. The van der Waals surface area contributed by atoms with E-state index in [1.54, 1.807) is 24.5 Å². The van der Waals surface area contributed by atoms with Gasteiger partial charge in [-0.1, -0.05) is 17.7 Å². The van der Waals surface area contributed by atoms with Crippen molar-refractivity contribution in [2.45, 2.75) is 19.0 Å². The first-order valence-electron chi connectivity index (χ1n) is 9.74. The van der Waals surface area contributed by atoms with Gasteiger partial charge in [0, 0.05) is 42.9 Å². The number of benzene rings is 2. The number of nitrogens with one attached hydrogen (secondary N) is 1. The van der Waals surface area contributed by atoms with E-state index in [0.29, 0.717) is 12.1 Å². The maximum absolute atomic E-state index is 13.6. The molecular formula is C23H22ClFN4O. The van der Waals surface area contributed by atoms with E-state index < -0.39 is 5.82 Å². The topological polar surface area (TPSA) is 60.8 Å². The summed E-state index contributed by atoms with van der Waals surface area (Å²) in [4.78, 5) is 11.1. The second kappa shape index (κ2) is 8.81. The Hall–Kier alpha value is -2.96. The maximum atomic E-state index is 13.6. The lowest BCUT2D eigenvalue weighted by Crippen LogP contribution is -2.38. The molecular weight excluding hydrogens is 403 g/mol. The van der Waals surface area contributed by atoms with Crippen molar-refractivity contribution in [3.8, 4) is 0 Å². The van der Waals surface area contributed by atoms with Gasteiger partial charge < -0.3 is 15.3 Å². The van der Waals surface area contributed by atoms with Crippen LogP contribution < -0.4 is 5.32 Å². The summed E-state index contributed by atoms with van der Waals surface area (Å²) in [5.41, 5.74) is 4.59. The highest BCUT2D eigenvalue weighted by atomic mass is 35.5. The van der Waals surface area contributed by atoms with E-state index in [4.69, 9.17) is 16.6 Å². The zero-order valence-corrected chi connectivity index (χ0v) is 17.3. The fourth-order valence-electron chi connectivity index (χ4n) is 3.57. The molecule has 5 nitrogen and oxygen atoms in total. The van der Waals surface area contributed by atoms with Crippen LogP contribution in [-0.4, -0.2) is 34.5 Å². The predicted molar refractivity (Wildman–Crippen MR) is 118 cm³/mol. The Labute approximate surface area is 179 Å². The van der Waals surface area contributed by atoms with Gasteiger partial charge in [0.2, 0.25) is 0 Å². The molecule has 1 aliphatic rings. The van der Waals surface area contributed by atoms with Crippen LogP contribution in [-0.2, 0) is 6.42 Å². The van der Waals surface area contributed by atoms with Crippen LogP contribution in [0.2, 0.25) is 5.02 Å². The normalized spacial score (nSPS) is 15.5. The van der Waals surface area contributed by atoms with Gasteiger partial charge in [0.05, 0.1) is 10.7 Å². The number of hydrogen-bond acceptors (Lipinski definition) is 5. The van der Waals surface area contributed by atoms with Crippen molar-refractivity contribution in [1.29, 1.82) is 0 Å². The summed E-state index contributed by atoms with van der Waals surface area (Å²) in [6.07, 6.45) is 4.74. The van der Waals surface area contributed by atoms with Crippen molar-refractivity contribution < 1.29 is 9.50 Å². The molecule has 0 bridgehead atoms. The SMILES string of the molecule is CN1C(c2cccnc2)=Nc2ccc(CCCO)cc2C1Nc1ccc(F)c(Cl)c1. The van der Waals surface area contributed by atoms with Crippen molar-refractivity contribution in [3.05, 3.63) is 88.5 Å². The van der Waals surface area contributed by atoms with Crippen LogP contribution >= 0.6 is 11.6 Å². The van der Waals surface area contributed by atoms with Crippen molar-refractivity contribution in [3.63, 3.8) is 0 Å². The van der Waals surface area contributed by atoms with Gasteiger partial charge in [-0.3, -0.25) is 4.98 Å². The number of aliphatic hydroxyl groups excluding tert-OH is 1. The largest absolute Gasteiger partial charge is 0.396 e. The highest BCUT2D eigenvalue weighted by molar-refractivity contribution is 6.31. The highest BCUT2D eigenvalue weighted by Gasteiger charge is 2.28. The molecule has 1 aliphatic heterocycles. The monoisotopic (exact) mass is 424 g/mol. The lowest BCUT2D eigenvalue weighted by molar-refractivity contribution is 0.288. The molecule has 4 rings (SSSR count). The van der Waals surface area contributed by atoms with Crippen LogP contribution in [0.1, 0.15) is 29.3 Å². The molecule has 0 spiro atoms. The van der Waals surface area contributed by atoms with Crippen LogP contribution in [0, 0.1) is 5.82 Å². The number of rotatable bonds is 6. The number of anilines is 1. The first-order chi connectivity index (χ1) is 14.6. The number of aromatic nitrogens is 1. The summed E-state index contributed by atoms with van der Waals surface area (Å²) in [5.74, 6) is 0.327. The smallest absolute Gasteiger partial charge is 0.141 e. The summed E-state index contributed by atoms with van der Waals surface area (Å²) in [6.45, 7) is 0.149. The number of amidine groups is 1. The average Bonchev–Trinajstić information content (AvgIpc) is 2.77. The van der Waals surface area contributed by atoms with Gasteiger partial charge in [-0.15, -0.1) is 0 Å². The van der Waals surface area contributed by atoms with Crippen molar-refractivity contribution in [2.24, 2.45) is 4.99 Å². The second-order valence-corrected chi connectivity index (χ2v) is 7.59. The van der Waals surface area contributed by atoms with E-state index in [9.17, 15) is 9.50 Å². The van der Waals surface area contributed by atoms with E-state index in [1.807, 2.05) is 36.2 Å². The highest BCUT2D eigenvalue weighted by Crippen LogP contribution is 2.37. The summed E-state index contributed by atoms with van der Waals surface area (Å²) in [7, 11) is 1.96. The van der Waals surface area contributed by atoms with Gasteiger partial charge in [0.15, 0.2) is 0 Å². The average molecular weight is 425 g/mol. The van der Waals surface area contributed by atoms with Gasteiger partial charge in [-0.2, -0.15) is 0 Å². The summed E-state index contributed by atoms with van der Waals surface area (Å²) >= 11 is 5.99. The zero-order valence-electron chi connectivity index (χ0n) is 16.5. The molecule has 7 heteroatoms. The lowest BCUT2D eigenvalue weighted by Gasteiger charge is -2.37. The third-order valence-corrected chi connectivity index (χ3v) is 5.39. The Balaban J connectivity index is 1.77. The number of aryl methyl sites for hydroxylation is 1. The van der Waals surface area contributed by atoms with Crippen molar-refractivity contribution >= 4 is 28.8 Å². The Bertz CT molecular complexity index is 1070. The predicted octanol–water partition coefficient (Wildman–Crippen LogP) is 4.93. The summed E-state index contributed by atoms with van der Waals surface area (Å²) < 4.78 is 13.6. The molecule has 3 aromatic rings. The molecule has 2 aromatic carbocycles. The minimum atomic E-state index is -0.455. The van der Waals surface area contributed by atoms with Crippen LogP contribution in [0.4, 0.5) is 15.8 Å². The third kappa shape index (κ3) is 4.15. The van der Waals surface area contributed by atoms with Crippen LogP contribution in [0.5, 0.6) is 0 Å². The van der Waals surface area contributed by atoms with Crippen LogP contribution in [0.25, 0.3) is 0 Å². The van der Waals surface area contributed by atoms with E-state index in [0.717, 1.165) is 34.6 Å². The number of aliphatic imine (C=N–C) groups is 1. The summed E-state index contributed by atoms with van der Waals surface area (Å²) in [6, 6.07) is 14.6.